The molecule has 1 aromatic carbocycles. The van der Waals surface area contributed by atoms with E-state index in [2.05, 4.69) is 27.0 Å². The number of ether oxygens (including phenoxy) is 2. The van der Waals surface area contributed by atoms with Crippen molar-refractivity contribution in [3.63, 3.8) is 0 Å². The molecule has 0 aliphatic carbocycles. The van der Waals surface area contributed by atoms with E-state index in [-0.39, 0.29) is 11.9 Å². The van der Waals surface area contributed by atoms with Crippen molar-refractivity contribution in [2.24, 2.45) is 0 Å². The fourth-order valence-corrected chi connectivity index (χ4v) is 4.45. The molecular weight excluding hydrogens is 360 g/mol. The highest BCUT2D eigenvalue weighted by Crippen LogP contribution is 2.34. The number of methoxy groups -OCH3 is 2. The highest BCUT2D eigenvalue weighted by Gasteiger charge is 2.32. The van der Waals surface area contributed by atoms with Crippen LogP contribution in [0.25, 0.3) is 0 Å². The van der Waals surface area contributed by atoms with Crippen molar-refractivity contribution in [3.8, 4) is 11.5 Å². The maximum Gasteiger partial charge on any atom is 0.237 e. The molecule has 1 aliphatic heterocycles. The molecule has 0 radical (unpaired) electrons. The summed E-state index contributed by atoms with van der Waals surface area (Å²) in [7, 11) is 3.26. The van der Waals surface area contributed by atoms with Gasteiger partial charge in [0, 0.05) is 12.6 Å². The molecule has 146 valence electrons. The number of amides is 1. The first-order valence-electron chi connectivity index (χ1n) is 9.40. The van der Waals surface area contributed by atoms with Gasteiger partial charge in [-0.25, -0.2) is 0 Å². The minimum absolute atomic E-state index is 0.0950. The Morgan fingerprint density at radius 3 is 2.81 bits per heavy atom. The zero-order chi connectivity index (χ0) is 19.2. The Bertz CT molecular complexity index is 748. The number of carbonyl (C=O) groups excluding carboxylic acids is 1. The predicted molar refractivity (Wildman–Crippen MR) is 109 cm³/mol. The van der Waals surface area contributed by atoms with Gasteiger partial charge in [-0.3, -0.25) is 9.69 Å². The van der Waals surface area contributed by atoms with Gasteiger partial charge in [-0.05, 0) is 72.8 Å². The van der Waals surface area contributed by atoms with Crippen molar-refractivity contribution in [3.05, 3.63) is 46.2 Å². The third-order valence-electron chi connectivity index (χ3n) is 5.26. The van der Waals surface area contributed by atoms with E-state index in [0.29, 0.717) is 24.1 Å². The van der Waals surface area contributed by atoms with Gasteiger partial charge in [0.15, 0.2) is 11.5 Å². The molecule has 2 atom stereocenters. The highest BCUT2D eigenvalue weighted by molar-refractivity contribution is 7.07. The van der Waals surface area contributed by atoms with Crippen molar-refractivity contribution in [1.82, 2.24) is 10.2 Å². The van der Waals surface area contributed by atoms with E-state index in [0.717, 1.165) is 31.4 Å². The van der Waals surface area contributed by atoms with Crippen molar-refractivity contribution >= 4 is 17.2 Å². The van der Waals surface area contributed by atoms with E-state index in [1.54, 1.807) is 25.6 Å². The number of rotatable bonds is 8. The lowest BCUT2D eigenvalue weighted by molar-refractivity contribution is -0.126. The molecule has 1 fully saturated rings. The van der Waals surface area contributed by atoms with Crippen molar-refractivity contribution < 1.29 is 14.3 Å². The van der Waals surface area contributed by atoms with Gasteiger partial charge in [0.25, 0.3) is 0 Å². The fraction of sp³-hybridized carbons (Fsp3) is 0.476. The Morgan fingerprint density at radius 1 is 1.30 bits per heavy atom. The first kappa shape index (κ1) is 19.7. The number of carbonyl (C=O) groups is 1. The third-order valence-corrected chi connectivity index (χ3v) is 5.96. The molecule has 1 saturated heterocycles. The van der Waals surface area contributed by atoms with Crippen LogP contribution in [0.3, 0.4) is 0 Å². The molecular formula is C21H28N2O3S. The average molecular weight is 389 g/mol. The largest absolute Gasteiger partial charge is 0.493 e. The molecule has 6 heteroatoms. The lowest BCUT2D eigenvalue weighted by atomic mass is 10.1. The molecule has 0 bridgehead atoms. The van der Waals surface area contributed by atoms with Gasteiger partial charge in [-0.15, -0.1) is 0 Å². The van der Waals surface area contributed by atoms with Crippen LogP contribution in [0.2, 0.25) is 0 Å². The first-order valence-corrected chi connectivity index (χ1v) is 10.3. The summed E-state index contributed by atoms with van der Waals surface area (Å²) in [5, 5.41) is 7.40. The van der Waals surface area contributed by atoms with Gasteiger partial charge >= 0.3 is 0 Å². The number of nitrogens with zero attached hydrogens (tertiary/aromatic N) is 1. The fourth-order valence-electron chi connectivity index (χ4n) is 3.74. The maximum atomic E-state index is 12.7. The van der Waals surface area contributed by atoms with Gasteiger partial charge in [-0.1, -0.05) is 6.07 Å². The molecule has 27 heavy (non-hydrogen) atoms. The van der Waals surface area contributed by atoms with Crippen LogP contribution < -0.4 is 14.8 Å². The summed E-state index contributed by atoms with van der Waals surface area (Å²) < 4.78 is 10.6. The Hall–Kier alpha value is -2.05. The van der Waals surface area contributed by atoms with E-state index in [1.165, 1.54) is 5.56 Å². The number of thiophene rings is 1. The van der Waals surface area contributed by atoms with E-state index >= 15 is 0 Å². The van der Waals surface area contributed by atoms with Crippen LogP contribution in [-0.4, -0.2) is 44.2 Å². The smallest absolute Gasteiger partial charge is 0.237 e. The minimum atomic E-state index is -0.122. The SMILES string of the molecule is COc1ccc(CCNC(=O)[C@@H](C)N2CCC[C@@H]2c2ccsc2)cc1OC. The van der Waals surface area contributed by atoms with Crippen LogP contribution in [-0.2, 0) is 11.2 Å². The summed E-state index contributed by atoms with van der Waals surface area (Å²) in [6.45, 7) is 3.59. The zero-order valence-electron chi connectivity index (χ0n) is 16.2. The molecule has 1 aromatic heterocycles. The van der Waals surface area contributed by atoms with E-state index in [1.807, 2.05) is 25.1 Å². The zero-order valence-corrected chi connectivity index (χ0v) is 17.1. The maximum absolute atomic E-state index is 12.7. The van der Waals surface area contributed by atoms with Gasteiger partial charge in [0.2, 0.25) is 5.91 Å². The summed E-state index contributed by atoms with van der Waals surface area (Å²) in [6, 6.07) is 8.28. The second-order valence-corrected chi connectivity index (χ2v) is 7.64. The minimum Gasteiger partial charge on any atom is -0.493 e. The first-order chi connectivity index (χ1) is 13.1. The Labute approximate surface area is 165 Å². The highest BCUT2D eigenvalue weighted by atomic mass is 32.1. The summed E-state index contributed by atoms with van der Waals surface area (Å²) >= 11 is 1.72. The van der Waals surface area contributed by atoms with Gasteiger partial charge in [-0.2, -0.15) is 11.3 Å². The normalized spacial score (nSPS) is 18.3. The van der Waals surface area contributed by atoms with E-state index in [4.69, 9.17) is 9.47 Å². The monoisotopic (exact) mass is 388 g/mol. The topological polar surface area (TPSA) is 50.8 Å². The molecule has 0 spiro atoms. The number of nitrogens with one attached hydrogen (secondary N) is 1. The quantitative estimate of drug-likeness (QED) is 0.750. The van der Waals surface area contributed by atoms with Crippen molar-refractivity contribution in [2.45, 2.75) is 38.3 Å². The van der Waals surface area contributed by atoms with Crippen LogP contribution in [0.15, 0.2) is 35.0 Å². The predicted octanol–water partition coefficient (Wildman–Crippen LogP) is 3.65. The van der Waals surface area contributed by atoms with E-state index in [9.17, 15) is 4.79 Å². The number of likely N-dealkylation sites (tertiary alicyclic amines) is 1. The lowest BCUT2D eigenvalue weighted by Crippen LogP contribution is -2.45. The average Bonchev–Trinajstić information content (AvgIpc) is 3.38. The van der Waals surface area contributed by atoms with Crippen LogP contribution in [0, 0.1) is 0 Å². The van der Waals surface area contributed by atoms with Crippen LogP contribution in [0.1, 0.15) is 36.9 Å². The number of hydrogen-bond acceptors (Lipinski definition) is 5. The molecule has 1 N–H and O–H groups in total. The Kier molecular flexibility index (Phi) is 6.74. The van der Waals surface area contributed by atoms with Crippen molar-refractivity contribution in [2.75, 3.05) is 27.3 Å². The molecule has 1 aliphatic rings. The van der Waals surface area contributed by atoms with Crippen molar-refractivity contribution in [1.29, 1.82) is 0 Å². The summed E-state index contributed by atoms with van der Waals surface area (Å²) in [6.07, 6.45) is 3.02. The second kappa shape index (κ2) is 9.24. The molecule has 2 heterocycles. The molecule has 0 saturated carbocycles. The lowest BCUT2D eigenvalue weighted by Gasteiger charge is -2.29. The summed E-state index contributed by atoms with van der Waals surface area (Å²) in [5.74, 6) is 1.52. The molecule has 3 rings (SSSR count). The van der Waals surface area contributed by atoms with Crippen LogP contribution in [0.5, 0.6) is 11.5 Å². The summed E-state index contributed by atoms with van der Waals surface area (Å²) in [5.41, 5.74) is 2.44. The van der Waals surface area contributed by atoms with Gasteiger partial charge in [0.1, 0.15) is 0 Å². The van der Waals surface area contributed by atoms with Gasteiger partial charge < -0.3 is 14.8 Å². The Morgan fingerprint density at radius 2 is 2.11 bits per heavy atom. The Balaban J connectivity index is 1.53. The number of benzene rings is 1. The molecule has 1 amide bonds. The van der Waals surface area contributed by atoms with Crippen LogP contribution >= 0.6 is 11.3 Å². The third kappa shape index (κ3) is 4.62. The van der Waals surface area contributed by atoms with Gasteiger partial charge in [0.05, 0.1) is 20.3 Å². The summed E-state index contributed by atoms with van der Waals surface area (Å²) in [4.78, 5) is 15.0. The molecule has 2 aromatic rings. The molecule has 5 nitrogen and oxygen atoms in total. The standard InChI is InChI=1S/C21H28N2O3S/c1-15(23-11-4-5-18(23)17-9-12-27-14-17)21(24)22-10-8-16-6-7-19(25-2)20(13-16)26-3/h6-7,9,12-15,18H,4-5,8,10-11H2,1-3H3,(H,22,24)/t15-,18-/m1/s1. The second-order valence-electron chi connectivity index (χ2n) is 6.86. The van der Waals surface area contributed by atoms with Crippen LogP contribution in [0.4, 0.5) is 0 Å². The number of hydrogen-bond donors (Lipinski definition) is 1. The van der Waals surface area contributed by atoms with E-state index < -0.39 is 0 Å². The molecule has 0 unspecified atom stereocenters.